The van der Waals surface area contributed by atoms with Crippen molar-refractivity contribution in [1.82, 2.24) is 4.90 Å². The standard InChI is InChI=1S/C23H21BrN2O4S/c1-4-29-19-10-15(9-18(24)21(19)30-14(2)3)11-20-22(27)26(23(28)31-20)13-17-8-6-5-7-16(17)12-25/h5-11,14H,4,13H2,1-3H3/b20-11+. The number of nitriles is 1. The van der Waals surface area contributed by atoms with Gasteiger partial charge in [-0.15, -0.1) is 0 Å². The Balaban J connectivity index is 1.89. The van der Waals surface area contributed by atoms with Crippen molar-refractivity contribution in [3.8, 4) is 17.6 Å². The molecule has 8 heteroatoms. The number of thioether (sulfide) groups is 1. The number of benzene rings is 2. The first-order chi connectivity index (χ1) is 14.8. The van der Waals surface area contributed by atoms with E-state index in [9.17, 15) is 14.9 Å². The Hall–Kier alpha value is -2.76. The van der Waals surface area contributed by atoms with Crippen molar-refractivity contribution < 1.29 is 19.1 Å². The first kappa shape index (κ1) is 22.9. The highest BCUT2D eigenvalue weighted by Gasteiger charge is 2.35. The third-order valence-electron chi connectivity index (χ3n) is 4.32. The van der Waals surface area contributed by atoms with Crippen LogP contribution in [0.3, 0.4) is 0 Å². The van der Waals surface area contributed by atoms with Crippen LogP contribution in [0.4, 0.5) is 4.79 Å². The highest BCUT2D eigenvalue weighted by atomic mass is 79.9. The molecule has 1 aliphatic heterocycles. The molecular weight excluding hydrogens is 480 g/mol. The summed E-state index contributed by atoms with van der Waals surface area (Å²) in [4.78, 5) is 26.9. The van der Waals surface area contributed by atoms with Gasteiger partial charge in [-0.2, -0.15) is 5.26 Å². The number of nitrogens with zero attached hydrogens (tertiary/aromatic N) is 2. The van der Waals surface area contributed by atoms with Gasteiger partial charge in [-0.25, -0.2) is 0 Å². The fourth-order valence-electron chi connectivity index (χ4n) is 3.01. The maximum Gasteiger partial charge on any atom is 0.293 e. The molecule has 160 valence electrons. The third-order valence-corrected chi connectivity index (χ3v) is 5.82. The average Bonchev–Trinajstić information content (AvgIpc) is 2.98. The van der Waals surface area contributed by atoms with E-state index in [0.29, 0.717) is 44.2 Å². The number of hydrogen-bond donors (Lipinski definition) is 0. The third kappa shape index (κ3) is 5.30. The molecule has 0 spiro atoms. The van der Waals surface area contributed by atoms with Crippen molar-refractivity contribution in [3.05, 3.63) is 62.5 Å². The lowest BCUT2D eigenvalue weighted by atomic mass is 10.1. The molecule has 0 aromatic heterocycles. The number of ether oxygens (including phenoxy) is 2. The van der Waals surface area contributed by atoms with Gasteiger partial charge in [0.2, 0.25) is 0 Å². The highest BCUT2D eigenvalue weighted by Crippen LogP contribution is 2.40. The first-order valence-electron chi connectivity index (χ1n) is 9.70. The molecule has 1 saturated heterocycles. The molecule has 3 rings (SSSR count). The molecule has 0 N–H and O–H groups in total. The number of halogens is 1. The van der Waals surface area contributed by atoms with Crippen LogP contribution < -0.4 is 9.47 Å². The Kier molecular flexibility index (Phi) is 7.42. The molecule has 2 aromatic rings. The molecular formula is C23H21BrN2O4S. The molecule has 0 atom stereocenters. The lowest BCUT2D eigenvalue weighted by Gasteiger charge is -2.17. The first-order valence-corrected chi connectivity index (χ1v) is 11.3. The summed E-state index contributed by atoms with van der Waals surface area (Å²) in [5.74, 6) is 0.758. The zero-order valence-corrected chi connectivity index (χ0v) is 19.7. The van der Waals surface area contributed by atoms with Crippen molar-refractivity contribution in [2.24, 2.45) is 0 Å². The van der Waals surface area contributed by atoms with Crippen LogP contribution in [0, 0.1) is 11.3 Å². The van der Waals surface area contributed by atoms with Gasteiger partial charge in [0, 0.05) is 0 Å². The van der Waals surface area contributed by atoms with Crippen molar-refractivity contribution in [2.75, 3.05) is 6.61 Å². The van der Waals surface area contributed by atoms with E-state index >= 15 is 0 Å². The van der Waals surface area contributed by atoms with Crippen LogP contribution in [0.5, 0.6) is 11.5 Å². The Morgan fingerprint density at radius 2 is 2.00 bits per heavy atom. The van der Waals surface area contributed by atoms with Crippen molar-refractivity contribution in [2.45, 2.75) is 33.4 Å². The minimum atomic E-state index is -0.390. The molecule has 0 saturated carbocycles. The number of rotatable bonds is 7. The van der Waals surface area contributed by atoms with Gasteiger partial charge in [0.1, 0.15) is 0 Å². The smallest absolute Gasteiger partial charge is 0.293 e. The largest absolute Gasteiger partial charge is 0.490 e. The SMILES string of the molecule is CCOc1cc(/C=C2/SC(=O)N(Cc3ccccc3C#N)C2=O)cc(Br)c1OC(C)C. The summed E-state index contributed by atoms with van der Waals surface area (Å²) in [5, 5.41) is 8.89. The summed E-state index contributed by atoms with van der Waals surface area (Å²) >= 11 is 4.39. The normalized spacial score (nSPS) is 15.0. The summed E-state index contributed by atoms with van der Waals surface area (Å²) in [6.45, 7) is 6.25. The zero-order valence-electron chi connectivity index (χ0n) is 17.3. The fraction of sp³-hybridized carbons (Fsp3) is 0.261. The van der Waals surface area contributed by atoms with Crippen LogP contribution in [0.1, 0.15) is 37.5 Å². The number of carbonyl (C=O) groups is 2. The van der Waals surface area contributed by atoms with E-state index in [1.807, 2.05) is 26.8 Å². The molecule has 1 aliphatic rings. The van der Waals surface area contributed by atoms with Crippen LogP contribution in [0.15, 0.2) is 45.8 Å². The molecule has 1 heterocycles. The average molecular weight is 501 g/mol. The zero-order chi connectivity index (χ0) is 22.5. The Labute approximate surface area is 194 Å². The minimum absolute atomic E-state index is 0.0332. The molecule has 31 heavy (non-hydrogen) atoms. The summed E-state index contributed by atoms with van der Waals surface area (Å²) < 4.78 is 12.3. The topological polar surface area (TPSA) is 79.6 Å². The second kappa shape index (κ2) is 10.0. The second-order valence-electron chi connectivity index (χ2n) is 6.97. The molecule has 0 radical (unpaired) electrons. The predicted octanol–water partition coefficient (Wildman–Crippen LogP) is 5.74. The number of imide groups is 1. The van der Waals surface area contributed by atoms with E-state index in [-0.39, 0.29) is 23.8 Å². The summed E-state index contributed by atoms with van der Waals surface area (Å²) in [7, 11) is 0. The van der Waals surface area contributed by atoms with Gasteiger partial charge in [0.25, 0.3) is 11.1 Å². The van der Waals surface area contributed by atoms with Gasteiger partial charge in [0.05, 0.1) is 40.3 Å². The van der Waals surface area contributed by atoms with Crippen LogP contribution in [-0.2, 0) is 11.3 Å². The number of carbonyl (C=O) groups excluding carboxylic acids is 2. The molecule has 0 aliphatic carbocycles. The van der Waals surface area contributed by atoms with Crippen LogP contribution in [-0.4, -0.2) is 28.8 Å². The van der Waals surface area contributed by atoms with E-state index in [1.54, 1.807) is 36.4 Å². The number of amides is 2. The van der Waals surface area contributed by atoms with E-state index < -0.39 is 0 Å². The van der Waals surface area contributed by atoms with Gasteiger partial charge < -0.3 is 9.47 Å². The molecule has 0 unspecified atom stereocenters. The molecule has 2 aromatic carbocycles. The van der Waals surface area contributed by atoms with Crippen LogP contribution in [0.25, 0.3) is 6.08 Å². The number of hydrogen-bond acceptors (Lipinski definition) is 6. The van der Waals surface area contributed by atoms with Crippen molar-refractivity contribution in [1.29, 1.82) is 5.26 Å². The molecule has 0 bridgehead atoms. The molecule has 1 fully saturated rings. The predicted molar refractivity (Wildman–Crippen MR) is 124 cm³/mol. The van der Waals surface area contributed by atoms with Crippen molar-refractivity contribution in [3.63, 3.8) is 0 Å². The fourth-order valence-corrected chi connectivity index (χ4v) is 4.40. The van der Waals surface area contributed by atoms with Gasteiger partial charge >= 0.3 is 0 Å². The van der Waals surface area contributed by atoms with E-state index in [1.165, 1.54) is 0 Å². The van der Waals surface area contributed by atoms with Gasteiger partial charge in [-0.05, 0) is 83.9 Å². The van der Waals surface area contributed by atoms with Gasteiger partial charge in [0.15, 0.2) is 11.5 Å². The minimum Gasteiger partial charge on any atom is -0.490 e. The van der Waals surface area contributed by atoms with E-state index in [2.05, 4.69) is 22.0 Å². The van der Waals surface area contributed by atoms with Crippen LogP contribution in [0.2, 0.25) is 0 Å². The summed E-state index contributed by atoms with van der Waals surface area (Å²) in [5.41, 5.74) is 1.77. The lowest BCUT2D eigenvalue weighted by molar-refractivity contribution is -0.123. The van der Waals surface area contributed by atoms with Gasteiger partial charge in [-0.3, -0.25) is 14.5 Å². The van der Waals surface area contributed by atoms with Gasteiger partial charge in [-0.1, -0.05) is 18.2 Å². The summed E-state index contributed by atoms with van der Waals surface area (Å²) in [6, 6.07) is 12.6. The Morgan fingerprint density at radius 3 is 2.68 bits per heavy atom. The van der Waals surface area contributed by atoms with E-state index in [0.717, 1.165) is 16.7 Å². The van der Waals surface area contributed by atoms with E-state index in [4.69, 9.17) is 9.47 Å². The Bertz CT molecular complexity index is 1090. The maximum absolute atomic E-state index is 12.9. The maximum atomic E-state index is 12.9. The monoisotopic (exact) mass is 500 g/mol. The van der Waals surface area contributed by atoms with Crippen LogP contribution >= 0.6 is 27.7 Å². The lowest BCUT2D eigenvalue weighted by Crippen LogP contribution is -2.27. The molecule has 6 nitrogen and oxygen atoms in total. The second-order valence-corrected chi connectivity index (χ2v) is 8.81. The summed E-state index contributed by atoms with van der Waals surface area (Å²) in [6.07, 6.45) is 1.63. The highest BCUT2D eigenvalue weighted by molar-refractivity contribution is 9.10. The molecule has 2 amide bonds. The Morgan fingerprint density at radius 1 is 1.26 bits per heavy atom. The van der Waals surface area contributed by atoms with Crippen molar-refractivity contribution >= 4 is 44.9 Å². The quantitative estimate of drug-likeness (QED) is 0.450.